The Morgan fingerprint density at radius 3 is 2.50 bits per heavy atom. The summed E-state index contributed by atoms with van der Waals surface area (Å²) in [5.74, 6) is -0.0369. The molecule has 134 valence electrons. The third-order valence-corrected chi connectivity index (χ3v) is 5.28. The molecule has 0 radical (unpaired) electrons. The van der Waals surface area contributed by atoms with E-state index in [1.54, 1.807) is 4.90 Å². The van der Waals surface area contributed by atoms with Crippen molar-refractivity contribution in [1.82, 2.24) is 0 Å². The van der Waals surface area contributed by atoms with Crippen molar-refractivity contribution in [1.29, 1.82) is 0 Å². The van der Waals surface area contributed by atoms with Gasteiger partial charge in [-0.2, -0.15) is 0 Å². The fraction of sp³-hybridized carbons (Fsp3) is 0.333. The first-order valence-electron chi connectivity index (χ1n) is 9.10. The number of nitrogens with one attached hydrogen (secondary N) is 1. The van der Waals surface area contributed by atoms with Crippen LogP contribution in [0, 0.1) is 0 Å². The molecule has 0 fully saturated rings. The van der Waals surface area contributed by atoms with E-state index < -0.39 is 0 Å². The molecular weight excluding hydrogens is 326 g/mol. The van der Waals surface area contributed by atoms with E-state index >= 15 is 0 Å². The van der Waals surface area contributed by atoms with Crippen LogP contribution in [0.2, 0.25) is 0 Å². The van der Waals surface area contributed by atoms with Crippen molar-refractivity contribution < 1.29 is 9.59 Å². The molecule has 4 rings (SSSR count). The van der Waals surface area contributed by atoms with Gasteiger partial charge in [0.25, 0.3) is 0 Å². The molecular formula is C21H23N3O2. The third kappa shape index (κ3) is 2.83. The summed E-state index contributed by atoms with van der Waals surface area (Å²) in [6.07, 6.45) is 1.25. The number of nitrogens with zero attached hydrogens (tertiary/aromatic N) is 2. The molecule has 2 aliphatic heterocycles. The molecule has 5 heteroatoms. The van der Waals surface area contributed by atoms with Gasteiger partial charge in [-0.25, -0.2) is 0 Å². The molecule has 26 heavy (non-hydrogen) atoms. The molecule has 0 saturated carbocycles. The molecule has 1 N–H and O–H groups in total. The second-order valence-corrected chi connectivity index (χ2v) is 7.19. The molecule has 2 aromatic rings. The zero-order valence-electron chi connectivity index (χ0n) is 15.1. The van der Waals surface area contributed by atoms with Gasteiger partial charge in [0.1, 0.15) is 0 Å². The number of carbonyl (C=O) groups is 2. The van der Waals surface area contributed by atoms with Crippen LogP contribution < -0.4 is 15.1 Å². The first kappa shape index (κ1) is 16.6. The lowest BCUT2D eigenvalue weighted by molar-refractivity contribution is -0.118. The maximum atomic E-state index is 13.3. The molecule has 2 aromatic carbocycles. The number of amides is 2. The first-order valence-corrected chi connectivity index (χ1v) is 9.10. The minimum Gasteiger partial charge on any atom is -0.359 e. The highest BCUT2D eigenvalue weighted by Gasteiger charge is 2.33. The standard InChI is InChI=1S/C21H23N3O2/c1-14-11-16-7-3-5-9-18(16)23(14)13-21(26)24-15(2)12-20(25)22-17-8-4-6-10-19(17)24/h3-10,14-15H,11-13H2,1-2H3,(H,22,25)/t14-,15+/m0/s1. The van der Waals surface area contributed by atoms with Crippen molar-refractivity contribution >= 4 is 28.9 Å². The van der Waals surface area contributed by atoms with E-state index in [2.05, 4.69) is 29.3 Å². The number of anilines is 3. The number of benzene rings is 2. The zero-order valence-corrected chi connectivity index (χ0v) is 15.1. The molecule has 2 aliphatic rings. The van der Waals surface area contributed by atoms with Gasteiger partial charge in [0.05, 0.1) is 17.9 Å². The van der Waals surface area contributed by atoms with Crippen LogP contribution in [0.3, 0.4) is 0 Å². The Kier molecular flexibility index (Phi) is 4.15. The SMILES string of the molecule is C[C@@H]1CC(=O)Nc2ccccc2N1C(=O)CN1c2ccccc2C[C@@H]1C. The minimum absolute atomic E-state index is 0.0185. The predicted molar refractivity (Wildman–Crippen MR) is 104 cm³/mol. The molecule has 2 amide bonds. The smallest absolute Gasteiger partial charge is 0.246 e. The summed E-state index contributed by atoms with van der Waals surface area (Å²) >= 11 is 0. The minimum atomic E-state index is -0.181. The number of hydrogen-bond acceptors (Lipinski definition) is 3. The van der Waals surface area contributed by atoms with Gasteiger partial charge in [-0.05, 0) is 44.0 Å². The van der Waals surface area contributed by atoms with Crippen molar-refractivity contribution in [3.8, 4) is 0 Å². The van der Waals surface area contributed by atoms with Gasteiger partial charge >= 0.3 is 0 Å². The molecule has 0 bridgehead atoms. The Morgan fingerprint density at radius 2 is 1.69 bits per heavy atom. The number of hydrogen-bond donors (Lipinski definition) is 1. The Balaban J connectivity index is 1.65. The average Bonchev–Trinajstić information content (AvgIpc) is 2.84. The van der Waals surface area contributed by atoms with E-state index in [-0.39, 0.29) is 23.9 Å². The van der Waals surface area contributed by atoms with Gasteiger partial charge in [0.15, 0.2) is 0 Å². The van der Waals surface area contributed by atoms with Crippen LogP contribution in [-0.4, -0.2) is 30.4 Å². The summed E-state index contributed by atoms with van der Waals surface area (Å²) in [6.45, 7) is 4.39. The summed E-state index contributed by atoms with van der Waals surface area (Å²) < 4.78 is 0. The predicted octanol–water partition coefficient (Wildman–Crippen LogP) is 3.20. The number of para-hydroxylation sites is 3. The van der Waals surface area contributed by atoms with Gasteiger partial charge in [-0.3, -0.25) is 9.59 Å². The van der Waals surface area contributed by atoms with Crippen molar-refractivity contribution in [3.05, 3.63) is 54.1 Å². The fourth-order valence-electron chi connectivity index (χ4n) is 4.06. The van der Waals surface area contributed by atoms with Crippen molar-refractivity contribution in [2.45, 2.75) is 38.8 Å². The van der Waals surface area contributed by atoms with E-state index in [0.717, 1.165) is 17.8 Å². The van der Waals surface area contributed by atoms with Gasteiger partial charge in [-0.15, -0.1) is 0 Å². The van der Waals surface area contributed by atoms with E-state index in [1.165, 1.54) is 5.56 Å². The molecule has 2 heterocycles. The molecule has 2 atom stereocenters. The van der Waals surface area contributed by atoms with Crippen LogP contribution in [0.1, 0.15) is 25.8 Å². The summed E-state index contributed by atoms with van der Waals surface area (Å²) in [7, 11) is 0. The molecule has 0 saturated heterocycles. The van der Waals surface area contributed by atoms with Gasteiger partial charge in [0, 0.05) is 24.2 Å². The van der Waals surface area contributed by atoms with Gasteiger partial charge in [0.2, 0.25) is 11.8 Å². The van der Waals surface area contributed by atoms with E-state index in [0.29, 0.717) is 18.7 Å². The lowest BCUT2D eigenvalue weighted by atomic mass is 10.1. The largest absolute Gasteiger partial charge is 0.359 e. The van der Waals surface area contributed by atoms with E-state index in [9.17, 15) is 9.59 Å². The average molecular weight is 349 g/mol. The van der Waals surface area contributed by atoms with E-state index in [4.69, 9.17) is 0 Å². The zero-order chi connectivity index (χ0) is 18.3. The Labute approximate surface area is 153 Å². The highest BCUT2D eigenvalue weighted by Crippen LogP contribution is 2.34. The number of carbonyl (C=O) groups excluding carboxylic acids is 2. The maximum Gasteiger partial charge on any atom is 0.246 e. The van der Waals surface area contributed by atoms with E-state index in [1.807, 2.05) is 43.3 Å². The monoisotopic (exact) mass is 349 g/mol. The maximum absolute atomic E-state index is 13.3. The Morgan fingerprint density at radius 1 is 1.00 bits per heavy atom. The van der Waals surface area contributed by atoms with Gasteiger partial charge < -0.3 is 15.1 Å². The van der Waals surface area contributed by atoms with Crippen LogP contribution >= 0.6 is 0 Å². The molecule has 0 aromatic heterocycles. The summed E-state index contributed by atoms with van der Waals surface area (Å²) in [5.41, 5.74) is 3.90. The van der Waals surface area contributed by atoms with Crippen molar-refractivity contribution in [3.63, 3.8) is 0 Å². The summed E-state index contributed by atoms with van der Waals surface area (Å²) in [5, 5.41) is 2.91. The lowest BCUT2D eigenvalue weighted by Crippen LogP contribution is -2.46. The quantitative estimate of drug-likeness (QED) is 0.906. The summed E-state index contributed by atoms with van der Waals surface area (Å²) in [6, 6.07) is 15.9. The Bertz CT molecular complexity index is 864. The first-order chi connectivity index (χ1) is 12.5. The van der Waals surface area contributed by atoms with Crippen LogP contribution in [0.5, 0.6) is 0 Å². The van der Waals surface area contributed by atoms with Crippen LogP contribution in [0.25, 0.3) is 0 Å². The Hall–Kier alpha value is -2.82. The molecule has 5 nitrogen and oxygen atoms in total. The van der Waals surface area contributed by atoms with Crippen molar-refractivity contribution in [2.24, 2.45) is 0 Å². The van der Waals surface area contributed by atoms with Gasteiger partial charge in [-0.1, -0.05) is 30.3 Å². The molecule has 0 spiro atoms. The summed E-state index contributed by atoms with van der Waals surface area (Å²) in [4.78, 5) is 29.4. The number of rotatable bonds is 2. The number of fused-ring (bicyclic) bond motifs is 2. The van der Waals surface area contributed by atoms with Crippen LogP contribution in [-0.2, 0) is 16.0 Å². The fourth-order valence-corrected chi connectivity index (χ4v) is 4.06. The molecule has 0 unspecified atom stereocenters. The second-order valence-electron chi connectivity index (χ2n) is 7.19. The van der Waals surface area contributed by atoms with Crippen LogP contribution in [0.15, 0.2) is 48.5 Å². The second kappa shape index (κ2) is 6.48. The topological polar surface area (TPSA) is 52.7 Å². The van der Waals surface area contributed by atoms with Crippen LogP contribution in [0.4, 0.5) is 17.1 Å². The highest BCUT2D eigenvalue weighted by atomic mass is 16.2. The lowest BCUT2D eigenvalue weighted by Gasteiger charge is -2.32. The van der Waals surface area contributed by atoms with Crippen molar-refractivity contribution in [2.75, 3.05) is 21.7 Å². The third-order valence-electron chi connectivity index (χ3n) is 5.28. The molecule has 0 aliphatic carbocycles. The normalized spacial score (nSPS) is 21.7. The highest BCUT2D eigenvalue weighted by molar-refractivity contribution is 6.05.